The van der Waals surface area contributed by atoms with Gasteiger partial charge in [-0.25, -0.2) is 0 Å². The maximum Gasteiger partial charge on any atom is 0.299 e. The van der Waals surface area contributed by atoms with Crippen LogP contribution in [0, 0.1) is 0 Å². The Bertz CT molecular complexity index is 786. The van der Waals surface area contributed by atoms with E-state index in [1.807, 2.05) is 24.3 Å². The van der Waals surface area contributed by atoms with Crippen LogP contribution < -0.4 is 9.64 Å². The van der Waals surface area contributed by atoms with Crippen LogP contribution in [0.2, 0.25) is 5.02 Å². The van der Waals surface area contributed by atoms with Gasteiger partial charge in [-0.2, -0.15) is 0 Å². The number of nitrogens with zero attached hydrogens (tertiary/aromatic N) is 1. The van der Waals surface area contributed by atoms with Crippen molar-refractivity contribution in [1.82, 2.24) is 0 Å². The number of fused-ring (bicyclic) bond motifs is 1. The van der Waals surface area contributed by atoms with Gasteiger partial charge in [0.2, 0.25) is 0 Å². The molecule has 0 saturated carbocycles. The smallest absolute Gasteiger partial charge is 0.299 e. The average molecular weight is 358 g/mol. The van der Waals surface area contributed by atoms with E-state index < -0.39 is 11.7 Å². The van der Waals surface area contributed by atoms with Crippen LogP contribution in [-0.4, -0.2) is 18.3 Å². The second kappa shape index (κ2) is 7.70. The third kappa shape index (κ3) is 3.85. The van der Waals surface area contributed by atoms with Crippen molar-refractivity contribution in [1.29, 1.82) is 0 Å². The number of unbranched alkanes of at least 4 members (excludes halogenated alkanes) is 2. The Labute approximate surface area is 152 Å². The van der Waals surface area contributed by atoms with Crippen molar-refractivity contribution in [2.45, 2.75) is 32.7 Å². The highest BCUT2D eigenvalue weighted by molar-refractivity contribution is 6.52. The maximum atomic E-state index is 12.3. The molecule has 3 rings (SSSR count). The van der Waals surface area contributed by atoms with Crippen LogP contribution >= 0.6 is 11.6 Å². The molecule has 1 amide bonds. The highest BCUT2D eigenvalue weighted by Crippen LogP contribution is 2.32. The number of rotatable bonds is 7. The normalized spacial score (nSPS) is 13.3. The number of halogens is 1. The minimum absolute atomic E-state index is 0.343. The zero-order chi connectivity index (χ0) is 17.8. The molecule has 0 atom stereocenters. The fraction of sp³-hybridized carbons (Fsp3) is 0.300. The first kappa shape index (κ1) is 17.5. The molecule has 1 heterocycles. The van der Waals surface area contributed by atoms with Gasteiger partial charge >= 0.3 is 0 Å². The number of ether oxygens (including phenoxy) is 1. The number of carbonyl (C=O) groups excluding carboxylic acids is 2. The van der Waals surface area contributed by atoms with Gasteiger partial charge in [-0.3, -0.25) is 9.59 Å². The highest BCUT2D eigenvalue weighted by atomic mass is 35.5. The molecule has 0 unspecified atom stereocenters. The Morgan fingerprint density at radius 2 is 1.80 bits per heavy atom. The summed E-state index contributed by atoms with van der Waals surface area (Å²) >= 11 is 5.93. The summed E-state index contributed by atoms with van der Waals surface area (Å²) in [4.78, 5) is 25.9. The molecule has 0 radical (unpaired) electrons. The van der Waals surface area contributed by atoms with E-state index in [1.54, 1.807) is 18.2 Å². The zero-order valence-electron chi connectivity index (χ0n) is 14.1. The largest absolute Gasteiger partial charge is 0.494 e. The van der Waals surface area contributed by atoms with Gasteiger partial charge in [0.15, 0.2) is 0 Å². The highest BCUT2D eigenvalue weighted by Gasteiger charge is 2.35. The third-order valence-electron chi connectivity index (χ3n) is 4.21. The first-order valence-electron chi connectivity index (χ1n) is 8.47. The van der Waals surface area contributed by atoms with Crippen molar-refractivity contribution in [2.75, 3.05) is 11.5 Å². The van der Waals surface area contributed by atoms with E-state index in [2.05, 4.69) is 6.92 Å². The number of hydrogen-bond donors (Lipinski definition) is 0. The van der Waals surface area contributed by atoms with Crippen LogP contribution in [0.25, 0.3) is 0 Å². The lowest BCUT2D eigenvalue weighted by Gasteiger charge is -2.17. The van der Waals surface area contributed by atoms with Crippen molar-refractivity contribution in [3.05, 3.63) is 58.6 Å². The monoisotopic (exact) mass is 357 g/mol. The summed E-state index contributed by atoms with van der Waals surface area (Å²) in [6.07, 6.45) is 3.37. The van der Waals surface area contributed by atoms with Crippen LogP contribution in [0.5, 0.6) is 5.75 Å². The van der Waals surface area contributed by atoms with Crippen LogP contribution in [0.3, 0.4) is 0 Å². The number of amides is 1. The van der Waals surface area contributed by atoms with E-state index in [-0.39, 0.29) is 0 Å². The quantitative estimate of drug-likeness (QED) is 0.535. The van der Waals surface area contributed by atoms with Crippen LogP contribution in [0.1, 0.15) is 42.1 Å². The summed E-state index contributed by atoms with van der Waals surface area (Å²) in [6, 6.07) is 12.6. The summed E-state index contributed by atoms with van der Waals surface area (Å²) in [5, 5.41) is 0.450. The minimum Gasteiger partial charge on any atom is -0.494 e. The Hall–Kier alpha value is -2.33. The number of anilines is 1. The number of benzene rings is 2. The zero-order valence-corrected chi connectivity index (χ0v) is 14.9. The topological polar surface area (TPSA) is 46.6 Å². The van der Waals surface area contributed by atoms with Crippen molar-refractivity contribution in [2.24, 2.45) is 0 Å². The molecule has 0 bridgehead atoms. The van der Waals surface area contributed by atoms with Crippen LogP contribution in [0.15, 0.2) is 42.5 Å². The van der Waals surface area contributed by atoms with E-state index in [0.29, 0.717) is 29.4 Å². The molecular formula is C20H20ClNO3. The van der Waals surface area contributed by atoms with Gasteiger partial charge in [-0.15, -0.1) is 0 Å². The Morgan fingerprint density at radius 3 is 2.52 bits per heavy atom. The van der Waals surface area contributed by atoms with Crippen molar-refractivity contribution in [3.8, 4) is 5.75 Å². The molecule has 0 fully saturated rings. The van der Waals surface area contributed by atoms with Gasteiger partial charge in [-0.1, -0.05) is 43.5 Å². The summed E-state index contributed by atoms with van der Waals surface area (Å²) < 4.78 is 5.69. The molecule has 0 aromatic heterocycles. The number of Topliss-reactive ketones (excluding diaryl/α,β-unsaturated/α-hetero) is 1. The molecule has 0 aliphatic carbocycles. The molecule has 0 spiro atoms. The first-order chi connectivity index (χ1) is 12.1. The van der Waals surface area contributed by atoms with Gasteiger partial charge in [0.05, 0.1) is 24.4 Å². The van der Waals surface area contributed by atoms with Gasteiger partial charge < -0.3 is 9.64 Å². The fourth-order valence-corrected chi connectivity index (χ4v) is 3.02. The Kier molecular flexibility index (Phi) is 5.39. The van der Waals surface area contributed by atoms with E-state index in [1.165, 1.54) is 4.90 Å². The predicted octanol–water partition coefficient (Wildman–Crippen LogP) is 4.64. The Balaban J connectivity index is 1.69. The lowest BCUT2D eigenvalue weighted by Crippen LogP contribution is -2.29. The molecule has 1 aliphatic heterocycles. The molecule has 4 nitrogen and oxygen atoms in total. The van der Waals surface area contributed by atoms with Crippen LogP contribution in [0.4, 0.5) is 5.69 Å². The minimum atomic E-state index is -0.517. The molecule has 2 aromatic carbocycles. The molecule has 25 heavy (non-hydrogen) atoms. The van der Waals surface area contributed by atoms with E-state index in [4.69, 9.17) is 16.3 Å². The number of hydrogen-bond acceptors (Lipinski definition) is 3. The summed E-state index contributed by atoms with van der Waals surface area (Å²) in [6.45, 7) is 3.21. The molecular weight excluding hydrogens is 338 g/mol. The van der Waals surface area contributed by atoms with Gasteiger partial charge in [0.1, 0.15) is 5.75 Å². The van der Waals surface area contributed by atoms with E-state index in [0.717, 1.165) is 30.6 Å². The molecule has 0 N–H and O–H groups in total. The van der Waals surface area contributed by atoms with Crippen LogP contribution in [-0.2, 0) is 11.3 Å². The molecule has 0 saturated heterocycles. The summed E-state index contributed by atoms with van der Waals surface area (Å²) in [5.41, 5.74) is 1.91. The molecule has 2 aromatic rings. The van der Waals surface area contributed by atoms with E-state index in [9.17, 15) is 9.59 Å². The van der Waals surface area contributed by atoms with Gasteiger partial charge in [-0.05, 0) is 42.3 Å². The Morgan fingerprint density at radius 1 is 1.04 bits per heavy atom. The average Bonchev–Trinajstić information content (AvgIpc) is 2.85. The second-order valence-electron chi connectivity index (χ2n) is 6.08. The first-order valence-corrected chi connectivity index (χ1v) is 8.85. The lowest BCUT2D eigenvalue weighted by atomic mass is 10.1. The second-order valence-corrected chi connectivity index (χ2v) is 6.52. The molecule has 130 valence electrons. The van der Waals surface area contributed by atoms with Crippen molar-refractivity contribution in [3.63, 3.8) is 0 Å². The molecule has 1 aliphatic rings. The fourth-order valence-electron chi connectivity index (χ4n) is 2.85. The van der Waals surface area contributed by atoms with Gasteiger partial charge in [0, 0.05) is 5.02 Å². The summed E-state index contributed by atoms with van der Waals surface area (Å²) in [5.74, 6) is -0.207. The lowest BCUT2D eigenvalue weighted by molar-refractivity contribution is -0.114. The SMILES string of the molecule is CCCCCOc1ccc(CN2C(=O)C(=O)c3cc(Cl)ccc32)cc1. The van der Waals surface area contributed by atoms with Crippen molar-refractivity contribution < 1.29 is 14.3 Å². The standard InChI is InChI=1S/C20H20ClNO3/c1-2-3-4-11-25-16-8-5-14(6-9-16)13-22-18-10-7-15(21)12-17(18)19(23)20(22)24/h5-10,12H,2-4,11,13H2,1H3. The van der Waals surface area contributed by atoms with Crippen molar-refractivity contribution >= 4 is 29.0 Å². The predicted molar refractivity (Wildman–Crippen MR) is 98.4 cm³/mol. The maximum absolute atomic E-state index is 12.3. The van der Waals surface area contributed by atoms with E-state index >= 15 is 0 Å². The third-order valence-corrected chi connectivity index (χ3v) is 4.45. The number of ketones is 1. The summed E-state index contributed by atoms with van der Waals surface area (Å²) in [7, 11) is 0. The van der Waals surface area contributed by atoms with Gasteiger partial charge in [0.25, 0.3) is 11.7 Å². The molecule has 5 heteroatoms. The number of carbonyl (C=O) groups is 2.